The Morgan fingerprint density at radius 1 is 1.00 bits per heavy atom. The number of hydrogen-bond acceptors (Lipinski definition) is 5. The molecule has 37 heavy (non-hydrogen) atoms. The number of urea groups is 1. The van der Waals surface area contributed by atoms with Gasteiger partial charge in [-0.3, -0.25) is 14.6 Å². The fourth-order valence-corrected chi connectivity index (χ4v) is 4.32. The van der Waals surface area contributed by atoms with Gasteiger partial charge >= 0.3 is 18.2 Å². The van der Waals surface area contributed by atoms with Gasteiger partial charge in [0, 0.05) is 5.69 Å². The van der Waals surface area contributed by atoms with Crippen molar-refractivity contribution in [1.29, 1.82) is 0 Å². The van der Waals surface area contributed by atoms with Crippen molar-refractivity contribution in [1.82, 2.24) is 4.90 Å². The van der Waals surface area contributed by atoms with Crippen LogP contribution in [0.3, 0.4) is 0 Å². The summed E-state index contributed by atoms with van der Waals surface area (Å²) in [5, 5.41) is 0. The van der Waals surface area contributed by atoms with Gasteiger partial charge < -0.3 is 9.47 Å². The molecule has 3 rings (SSSR count). The molecule has 0 spiro atoms. The van der Waals surface area contributed by atoms with Crippen LogP contribution in [0, 0.1) is 13.8 Å². The molecule has 0 aliphatic carbocycles. The number of carbonyl (C=O) groups excluding carboxylic acids is 3. The lowest BCUT2D eigenvalue weighted by molar-refractivity contribution is -0.158. The highest BCUT2D eigenvalue weighted by atomic mass is 19.4. The minimum Gasteiger partial charge on any atom is -0.476 e. The largest absolute Gasteiger partial charge is 0.476 e. The molecule has 0 radical (unpaired) electrons. The summed E-state index contributed by atoms with van der Waals surface area (Å²) in [6.45, 7) is 11.8. The molecular weight excluding hydrogens is 489 g/mol. The molecule has 0 N–H and O–H groups in total. The van der Waals surface area contributed by atoms with Crippen LogP contribution in [0.4, 0.5) is 23.7 Å². The fourth-order valence-electron chi connectivity index (χ4n) is 4.32. The number of anilines is 1. The molecule has 1 saturated heterocycles. The minimum atomic E-state index is -4.51. The zero-order valence-corrected chi connectivity index (χ0v) is 21.9. The molecule has 200 valence electrons. The van der Waals surface area contributed by atoms with Crippen molar-refractivity contribution in [3.05, 3.63) is 58.7 Å². The number of amides is 3. The van der Waals surface area contributed by atoms with Crippen LogP contribution in [0.25, 0.3) is 0 Å². The predicted molar refractivity (Wildman–Crippen MR) is 131 cm³/mol. The summed E-state index contributed by atoms with van der Waals surface area (Å²) in [7, 11) is 0. The number of rotatable bonds is 7. The predicted octanol–water partition coefficient (Wildman–Crippen LogP) is 5.79. The molecule has 2 aromatic rings. The number of nitrogens with zero attached hydrogens (tertiary/aromatic N) is 2. The third kappa shape index (κ3) is 5.42. The van der Waals surface area contributed by atoms with Gasteiger partial charge in [0.15, 0.2) is 5.60 Å². The zero-order chi connectivity index (χ0) is 27.9. The summed E-state index contributed by atoms with van der Waals surface area (Å²) in [6.07, 6.45) is -4.51. The highest BCUT2D eigenvalue weighted by Crippen LogP contribution is 2.37. The van der Waals surface area contributed by atoms with Gasteiger partial charge in [0.1, 0.15) is 11.3 Å². The van der Waals surface area contributed by atoms with Crippen LogP contribution < -0.4 is 9.64 Å². The second kappa shape index (κ2) is 9.72. The Morgan fingerprint density at radius 2 is 1.54 bits per heavy atom. The Kier molecular flexibility index (Phi) is 7.36. The van der Waals surface area contributed by atoms with Crippen LogP contribution in [0.2, 0.25) is 0 Å². The maximum Gasteiger partial charge on any atom is 0.416 e. The molecule has 1 aliphatic rings. The van der Waals surface area contributed by atoms with Crippen molar-refractivity contribution in [3.63, 3.8) is 0 Å². The first-order valence-corrected chi connectivity index (χ1v) is 11.8. The molecule has 2 aromatic carbocycles. The molecule has 1 fully saturated rings. The molecule has 1 aliphatic heterocycles. The topological polar surface area (TPSA) is 76.2 Å². The number of esters is 1. The zero-order valence-electron chi connectivity index (χ0n) is 21.9. The Morgan fingerprint density at radius 3 is 2.03 bits per heavy atom. The molecule has 0 bridgehead atoms. The lowest BCUT2D eigenvalue weighted by Crippen LogP contribution is -2.44. The second-order valence-electron chi connectivity index (χ2n) is 10.0. The third-order valence-electron chi connectivity index (χ3n) is 6.19. The van der Waals surface area contributed by atoms with Gasteiger partial charge in [-0.05, 0) is 89.4 Å². The van der Waals surface area contributed by atoms with E-state index < -0.39 is 40.8 Å². The quantitative estimate of drug-likeness (QED) is 0.341. The Hall–Kier alpha value is -3.56. The highest BCUT2D eigenvalue weighted by molar-refractivity contribution is 6.16. The van der Waals surface area contributed by atoms with E-state index >= 15 is 0 Å². The van der Waals surface area contributed by atoms with Gasteiger partial charge in [-0.1, -0.05) is 12.1 Å². The van der Waals surface area contributed by atoms with Gasteiger partial charge in [-0.25, -0.2) is 9.59 Å². The number of alkyl halides is 3. The lowest BCUT2D eigenvalue weighted by Gasteiger charge is -2.28. The number of aryl methyl sites for hydroxylation is 2. The second-order valence-corrected chi connectivity index (χ2v) is 10.0. The maximum absolute atomic E-state index is 13.3. The first-order valence-electron chi connectivity index (χ1n) is 11.8. The van der Waals surface area contributed by atoms with Crippen molar-refractivity contribution in [3.8, 4) is 5.75 Å². The van der Waals surface area contributed by atoms with E-state index in [-0.39, 0.29) is 18.8 Å². The van der Waals surface area contributed by atoms with Gasteiger partial charge in [0.25, 0.3) is 5.91 Å². The van der Waals surface area contributed by atoms with E-state index in [2.05, 4.69) is 0 Å². The smallest absolute Gasteiger partial charge is 0.416 e. The van der Waals surface area contributed by atoms with E-state index in [1.165, 1.54) is 17.0 Å². The monoisotopic (exact) mass is 520 g/mol. The van der Waals surface area contributed by atoms with E-state index in [0.717, 1.165) is 17.0 Å². The van der Waals surface area contributed by atoms with E-state index in [1.54, 1.807) is 60.6 Å². The summed E-state index contributed by atoms with van der Waals surface area (Å²) in [4.78, 5) is 41.1. The van der Waals surface area contributed by atoms with Gasteiger partial charge in [-0.15, -0.1) is 0 Å². The molecule has 7 nitrogen and oxygen atoms in total. The van der Waals surface area contributed by atoms with Crippen molar-refractivity contribution in [2.75, 3.05) is 11.5 Å². The van der Waals surface area contributed by atoms with Crippen LogP contribution in [-0.2, 0) is 27.0 Å². The van der Waals surface area contributed by atoms with E-state index in [9.17, 15) is 27.6 Å². The SMILES string of the molecule is CCOC(=O)C(C)(C)Oc1c(C)cc(CN2C(=O)N(c3ccc(C(F)(F)F)cc3)C(C)(C)C2=O)cc1C. The number of imide groups is 1. The van der Waals surface area contributed by atoms with Crippen molar-refractivity contribution in [2.45, 2.75) is 72.3 Å². The normalized spacial score (nSPS) is 15.8. The van der Waals surface area contributed by atoms with Crippen LogP contribution in [-0.4, -0.2) is 40.6 Å². The third-order valence-corrected chi connectivity index (χ3v) is 6.19. The molecule has 10 heteroatoms. The van der Waals surface area contributed by atoms with Crippen molar-refractivity contribution >= 4 is 23.6 Å². The standard InChI is InChI=1S/C27H31F3N2O5/c1-8-36-23(34)26(6,7)37-21-16(2)13-18(14-17(21)3)15-31-22(33)25(4,5)32(24(31)35)20-11-9-19(10-12-20)27(28,29)30/h9-14H,8,15H2,1-7H3. The minimum absolute atomic E-state index is 0.0402. The van der Waals surface area contributed by atoms with E-state index in [1.807, 2.05) is 0 Å². The molecule has 0 unspecified atom stereocenters. The average molecular weight is 521 g/mol. The summed E-state index contributed by atoms with van der Waals surface area (Å²) in [5.74, 6) is -0.485. The van der Waals surface area contributed by atoms with Crippen LogP contribution in [0.5, 0.6) is 5.75 Å². The highest BCUT2D eigenvalue weighted by Gasteiger charge is 2.52. The molecule has 0 atom stereocenters. The fraction of sp³-hybridized carbons (Fsp3) is 0.444. The van der Waals surface area contributed by atoms with Gasteiger partial charge in [-0.2, -0.15) is 13.2 Å². The summed E-state index contributed by atoms with van der Waals surface area (Å²) < 4.78 is 50.0. The number of ether oxygens (including phenoxy) is 2. The molecule has 1 heterocycles. The molecule has 0 saturated carbocycles. The lowest BCUT2D eigenvalue weighted by atomic mass is 10.0. The number of benzene rings is 2. The van der Waals surface area contributed by atoms with Crippen molar-refractivity contribution in [2.24, 2.45) is 0 Å². The Balaban J connectivity index is 1.87. The van der Waals surface area contributed by atoms with Crippen LogP contribution in [0.15, 0.2) is 36.4 Å². The molecular formula is C27H31F3N2O5. The Bertz CT molecular complexity index is 1200. The number of halogens is 3. The maximum atomic E-state index is 13.3. The van der Waals surface area contributed by atoms with Gasteiger partial charge in [0.05, 0.1) is 18.7 Å². The first kappa shape index (κ1) is 28.0. The van der Waals surface area contributed by atoms with E-state index in [0.29, 0.717) is 22.4 Å². The summed E-state index contributed by atoms with van der Waals surface area (Å²) >= 11 is 0. The average Bonchev–Trinajstić information content (AvgIpc) is 2.95. The number of carbonyl (C=O) groups is 3. The first-order chi connectivity index (χ1) is 17.0. The summed E-state index contributed by atoms with van der Waals surface area (Å²) in [6, 6.07) is 7.03. The number of hydrogen-bond donors (Lipinski definition) is 0. The van der Waals surface area contributed by atoms with Crippen LogP contribution >= 0.6 is 0 Å². The molecule has 3 amide bonds. The van der Waals surface area contributed by atoms with Gasteiger partial charge in [0.2, 0.25) is 0 Å². The van der Waals surface area contributed by atoms with Crippen molar-refractivity contribution < 1.29 is 37.0 Å². The molecule has 0 aromatic heterocycles. The summed E-state index contributed by atoms with van der Waals surface area (Å²) in [5.41, 5.74) is -1.12. The Labute approximate surface area is 214 Å². The van der Waals surface area contributed by atoms with E-state index in [4.69, 9.17) is 9.47 Å². The van der Waals surface area contributed by atoms with Crippen LogP contribution in [0.1, 0.15) is 56.9 Å².